The molecule has 0 aliphatic carbocycles. The first kappa shape index (κ1) is 21.2. The van der Waals surface area contributed by atoms with Gasteiger partial charge in [-0.2, -0.15) is 0 Å². The molecule has 2 aromatic carbocycles. The summed E-state index contributed by atoms with van der Waals surface area (Å²) in [5, 5.41) is 2.70. The van der Waals surface area contributed by atoms with E-state index in [9.17, 15) is 13.2 Å². The molecule has 0 bridgehead atoms. The maximum Gasteiger partial charge on any atom is 0.278 e. The SMILES string of the molecule is Cc1cc(C)nc(NS(=O)(=O)c2ccc(NC(=O)c3ncoc3-c3ccccc3)cc2)n1. The third-order valence-corrected chi connectivity index (χ3v) is 5.79. The third-order valence-electron chi connectivity index (χ3n) is 4.45. The third kappa shape index (κ3) is 4.65. The van der Waals surface area contributed by atoms with E-state index in [-0.39, 0.29) is 16.5 Å². The Bertz CT molecular complexity index is 1350. The second-order valence-corrected chi connectivity index (χ2v) is 8.64. The van der Waals surface area contributed by atoms with Crippen molar-refractivity contribution in [3.05, 3.63) is 84.1 Å². The molecule has 4 aromatic rings. The topological polar surface area (TPSA) is 127 Å². The lowest BCUT2D eigenvalue weighted by atomic mass is 10.1. The molecule has 0 saturated heterocycles. The Morgan fingerprint density at radius 3 is 2.25 bits per heavy atom. The predicted octanol–water partition coefficient (Wildman–Crippen LogP) is 3.80. The molecule has 10 heteroatoms. The second-order valence-electron chi connectivity index (χ2n) is 6.95. The van der Waals surface area contributed by atoms with E-state index in [4.69, 9.17) is 4.42 Å². The smallest absolute Gasteiger partial charge is 0.278 e. The van der Waals surface area contributed by atoms with Crippen molar-refractivity contribution in [2.24, 2.45) is 0 Å². The average molecular weight is 449 g/mol. The van der Waals surface area contributed by atoms with Crippen LogP contribution in [0.15, 0.2) is 76.4 Å². The van der Waals surface area contributed by atoms with Crippen LogP contribution < -0.4 is 10.0 Å². The minimum Gasteiger partial charge on any atom is -0.443 e. The number of carbonyl (C=O) groups excluding carboxylic acids is 1. The Balaban J connectivity index is 1.50. The molecule has 4 rings (SSSR count). The molecule has 0 aliphatic heterocycles. The summed E-state index contributed by atoms with van der Waals surface area (Å²) in [7, 11) is -3.89. The maximum atomic E-state index is 12.7. The van der Waals surface area contributed by atoms with E-state index in [2.05, 4.69) is 25.0 Å². The zero-order valence-electron chi connectivity index (χ0n) is 17.2. The van der Waals surface area contributed by atoms with E-state index in [0.29, 0.717) is 22.8 Å². The number of hydrogen-bond donors (Lipinski definition) is 2. The second kappa shape index (κ2) is 8.60. The standard InChI is InChI=1S/C22H19N5O4S/c1-14-12-15(2)25-22(24-14)27-32(29,30)18-10-8-17(9-11-18)26-21(28)19-20(31-13-23-19)16-6-4-3-5-7-16/h3-13H,1-2H3,(H,26,28)(H,24,25,27). The van der Waals surface area contributed by atoms with Crippen molar-refractivity contribution in [1.29, 1.82) is 0 Å². The van der Waals surface area contributed by atoms with Crippen LogP contribution in [-0.4, -0.2) is 29.3 Å². The summed E-state index contributed by atoms with van der Waals surface area (Å²) in [5.41, 5.74) is 2.54. The van der Waals surface area contributed by atoms with Gasteiger partial charge in [0.1, 0.15) is 0 Å². The molecule has 0 spiro atoms. The number of anilines is 2. The van der Waals surface area contributed by atoms with Gasteiger partial charge in [0.25, 0.3) is 15.9 Å². The number of benzene rings is 2. The number of nitrogens with zero attached hydrogens (tertiary/aromatic N) is 3. The quantitative estimate of drug-likeness (QED) is 0.458. The van der Waals surface area contributed by atoms with Crippen LogP contribution in [0, 0.1) is 13.8 Å². The Morgan fingerprint density at radius 1 is 0.938 bits per heavy atom. The van der Waals surface area contributed by atoms with Gasteiger partial charge in [0.2, 0.25) is 5.95 Å². The van der Waals surface area contributed by atoms with E-state index in [1.165, 1.54) is 30.7 Å². The summed E-state index contributed by atoms with van der Waals surface area (Å²) in [6.45, 7) is 3.50. The Hall–Kier alpha value is -4.05. The molecule has 0 atom stereocenters. The largest absolute Gasteiger partial charge is 0.443 e. The molecule has 0 radical (unpaired) electrons. The lowest BCUT2D eigenvalue weighted by Gasteiger charge is -2.09. The lowest BCUT2D eigenvalue weighted by molar-refractivity contribution is 0.102. The monoisotopic (exact) mass is 449 g/mol. The molecule has 0 aliphatic rings. The van der Waals surface area contributed by atoms with Crippen molar-refractivity contribution in [2.75, 3.05) is 10.0 Å². The van der Waals surface area contributed by atoms with Crippen molar-refractivity contribution in [3.8, 4) is 11.3 Å². The Labute approximate surface area is 184 Å². The van der Waals surface area contributed by atoms with Crippen LogP contribution in [0.4, 0.5) is 11.6 Å². The van der Waals surface area contributed by atoms with Gasteiger partial charge in [0.15, 0.2) is 17.8 Å². The molecule has 2 N–H and O–H groups in total. The highest BCUT2D eigenvalue weighted by Crippen LogP contribution is 2.24. The minimum absolute atomic E-state index is 0.000599. The fraction of sp³-hybridized carbons (Fsp3) is 0.0909. The molecule has 2 heterocycles. The molecule has 1 amide bonds. The number of amides is 1. The van der Waals surface area contributed by atoms with Gasteiger partial charge in [0.05, 0.1) is 4.90 Å². The fourth-order valence-electron chi connectivity index (χ4n) is 3.06. The van der Waals surface area contributed by atoms with Crippen LogP contribution in [0.25, 0.3) is 11.3 Å². The van der Waals surface area contributed by atoms with Crippen LogP contribution in [0.1, 0.15) is 21.9 Å². The molecule has 32 heavy (non-hydrogen) atoms. The number of carbonyl (C=O) groups is 1. The molecular formula is C22H19N5O4S. The highest BCUT2D eigenvalue weighted by Gasteiger charge is 2.20. The summed E-state index contributed by atoms with van der Waals surface area (Å²) in [6.07, 6.45) is 1.20. The van der Waals surface area contributed by atoms with E-state index in [1.807, 2.05) is 30.3 Å². The summed E-state index contributed by atoms with van der Waals surface area (Å²) in [5.74, 6) is -0.130. The molecule has 162 valence electrons. The summed E-state index contributed by atoms with van der Waals surface area (Å²) in [4.78, 5) is 24.9. The average Bonchev–Trinajstić information content (AvgIpc) is 3.24. The normalized spacial score (nSPS) is 11.2. The highest BCUT2D eigenvalue weighted by atomic mass is 32.2. The first-order valence-electron chi connectivity index (χ1n) is 9.57. The van der Waals surface area contributed by atoms with Gasteiger partial charge >= 0.3 is 0 Å². The van der Waals surface area contributed by atoms with Gasteiger partial charge in [0, 0.05) is 22.6 Å². The van der Waals surface area contributed by atoms with Crippen LogP contribution >= 0.6 is 0 Å². The van der Waals surface area contributed by atoms with Crippen LogP contribution in [0.3, 0.4) is 0 Å². The maximum absolute atomic E-state index is 12.7. The zero-order valence-corrected chi connectivity index (χ0v) is 18.1. The Kier molecular flexibility index (Phi) is 5.69. The van der Waals surface area contributed by atoms with E-state index < -0.39 is 15.9 Å². The summed E-state index contributed by atoms with van der Waals surface area (Å²) < 4.78 is 33.0. The number of aromatic nitrogens is 3. The number of oxazole rings is 1. The lowest BCUT2D eigenvalue weighted by Crippen LogP contribution is -2.16. The van der Waals surface area contributed by atoms with E-state index >= 15 is 0 Å². The number of rotatable bonds is 6. The first-order valence-corrected chi connectivity index (χ1v) is 11.1. The number of aryl methyl sites for hydroxylation is 2. The van der Waals surface area contributed by atoms with Crippen molar-refractivity contribution in [2.45, 2.75) is 18.7 Å². The van der Waals surface area contributed by atoms with Crippen molar-refractivity contribution in [3.63, 3.8) is 0 Å². The Morgan fingerprint density at radius 2 is 1.59 bits per heavy atom. The highest BCUT2D eigenvalue weighted by molar-refractivity contribution is 7.92. The van der Waals surface area contributed by atoms with Gasteiger partial charge < -0.3 is 9.73 Å². The molecule has 2 aromatic heterocycles. The molecule has 0 unspecified atom stereocenters. The first-order chi connectivity index (χ1) is 15.3. The van der Waals surface area contributed by atoms with Gasteiger partial charge in [-0.05, 0) is 44.2 Å². The zero-order chi connectivity index (χ0) is 22.7. The van der Waals surface area contributed by atoms with Crippen molar-refractivity contribution >= 4 is 27.6 Å². The van der Waals surface area contributed by atoms with Gasteiger partial charge in [-0.15, -0.1) is 0 Å². The number of sulfonamides is 1. The van der Waals surface area contributed by atoms with Crippen LogP contribution in [0.2, 0.25) is 0 Å². The number of hydrogen-bond acceptors (Lipinski definition) is 7. The van der Waals surface area contributed by atoms with Gasteiger partial charge in [-0.25, -0.2) is 28.1 Å². The number of nitrogens with one attached hydrogen (secondary N) is 2. The molecular weight excluding hydrogens is 430 g/mol. The van der Waals surface area contributed by atoms with Gasteiger partial charge in [-0.3, -0.25) is 4.79 Å². The predicted molar refractivity (Wildman–Crippen MR) is 119 cm³/mol. The minimum atomic E-state index is -3.89. The van der Waals surface area contributed by atoms with Crippen LogP contribution in [0.5, 0.6) is 0 Å². The fourth-order valence-corrected chi connectivity index (χ4v) is 4.00. The molecule has 0 saturated carbocycles. The van der Waals surface area contributed by atoms with Crippen LogP contribution in [-0.2, 0) is 10.0 Å². The van der Waals surface area contributed by atoms with Gasteiger partial charge in [-0.1, -0.05) is 30.3 Å². The van der Waals surface area contributed by atoms with E-state index in [1.54, 1.807) is 19.9 Å². The molecule has 9 nitrogen and oxygen atoms in total. The van der Waals surface area contributed by atoms with E-state index in [0.717, 1.165) is 5.56 Å². The summed E-state index contributed by atoms with van der Waals surface area (Å²) >= 11 is 0. The van der Waals surface area contributed by atoms with Crippen molar-refractivity contribution in [1.82, 2.24) is 15.0 Å². The molecule has 0 fully saturated rings. The summed E-state index contributed by atoms with van der Waals surface area (Å²) in [6, 6.07) is 16.6. The van der Waals surface area contributed by atoms with Crippen molar-refractivity contribution < 1.29 is 17.6 Å².